The summed E-state index contributed by atoms with van der Waals surface area (Å²) in [4.78, 5) is 11.4. The number of carbonyl (C=O) groups is 1. The lowest BCUT2D eigenvalue weighted by atomic mass is 9.94. The van der Waals surface area contributed by atoms with Crippen LogP contribution in [-0.4, -0.2) is 62.3 Å². The first-order chi connectivity index (χ1) is 9.31. The Morgan fingerprint density at radius 3 is 2.30 bits per heavy atom. The van der Waals surface area contributed by atoms with Crippen molar-refractivity contribution in [3.8, 4) is 0 Å². The third kappa shape index (κ3) is 8.47. The summed E-state index contributed by atoms with van der Waals surface area (Å²) < 4.78 is 15.7. The van der Waals surface area contributed by atoms with Gasteiger partial charge in [-0.05, 0) is 27.7 Å². The van der Waals surface area contributed by atoms with Crippen LogP contribution in [0.2, 0.25) is 0 Å². The van der Waals surface area contributed by atoms with Crippen molar-refractivity contribution in [2.24, 2.45) is 0 Å². The molecule has 0 saturated heterocycles. The van der Waals surface area contributed by atoms with Crippen LogP contribution in [0.4, 0.5) is 0 Å². The van der Waals surface area contributed by atoms with Crippen LogP contribution in [0.3, 0.4) is 0 Å². The van der Waals surface area contributed by atoms with Crippen LogP contribution in [0.25, 0.3) is 0 Å². The monoisotopic (exact) mass is 291 g/mol. The number of aliphatic carboxylic acids is 1. The van der Waals surface area contributed by atoms with Crippen LogP contribution in [0.5, 0.6) is 0 Å². The van der Waals surface area contributed by atoms with Gasteiger partial charge in [-0.3, -0.25) is 10.1 Å². The van der Waals surface area contributed by atoms with E-state index in [4.69, 9.17) is 14.2 Å². The molecule has 0 aromatic heterocycles. The number of carboxylic acid groups (broad SMARTS) is 1. The molecule has 0 bridgehead atoms. The standard InChI is InChI=1S/C14H29NO5/c1-11(2)15-14(4,13(16)17)10-12(3)20-9-8-19-7-6-18-5/h11-12,15H,6-10H2,1-5H3,(H,16,17). The van der Waals surface area contributed by atoms with Crippen LogP contribution in [0.1, 0.15) is 34.1 Å². The fourth-order valence-corrected chi connectivity index (χ4v) is 2.03. The average Bonchev–Trinajstić information content (AvgIpc) is 2.32. The molecule has 0 radical (unpaired) electrons. The number of carboxylic acids is 1. The maximum atomic E-state index is 11.4. The van der Waals surface area contributed by atoms with Crippen LogP contribution < -0.4 is 5.32 Å². The summed E-state index contributed by atoms with van der Waals surface area (Å²) in [5.74, 6) is -0.863. The second-order valence-electron chi connectivity index (χ2n) is 5.43. The Kier molecular flexibility index (Phi) is 9.75. The summed E-state index contributed by atoms with van der Waals surface area (Å²) in [7, 11) is 1.62. The molecule has 0 heterocycles. The zero-order valence-corrected chi connectivity index (χ0v) is 13.3. The van der Waals surface area contributed by atoms with Crippen molar-refractivity contribution in [1.82, 2.24) is 5.32 Å². The molecule has 2 N–H and O–H groups in total. The van der Waals surface area contributed by atoms with Gasteiger partial charge in [-0.25, -0.2) is 0 Å². The number of methoxy groups -OCH3 is 1. The van der Waals surface area contributed by atoms with E-state index in [1.165, 1.54) is 0 Å². The minimum Gasteiger partial charge on any atom is -0.480 e. The van der Waals surface area contributed by atoms with Crippen molar-refractivity contribution in [1.29, 1.82) is 0 Å². The van der Waals surface area contributed by atoms with Gasteiger partial charge in [0.25, 0.3) is 0 Å². The smallest absolute Gasteiger partial charge is 0.323 e. The summed E-state index contributed by atoms with van der Waals surface area (Å²) in [5, 5.41) is 12.4. The van der Waals surface area contributed by atoms with E-state index in [1.807, 2.05) is 20.8 Å². The lowest BCUT2D eigenvalue weighted by molar-refractivity contribution is -0.146. The number of nitrogens with one attached hydrogen (secondary N) is 1. The lowest BCUT2D eigenvalue weighted by Crippen LogP contribution is -2.54. The van der Waals surface area contributed by atoms with Crippen LogP contribution in [0.15, 0.2) is 0 Å². The third-order valence-corrected chi connectivity index (χ3v) is 2.84. The fraction of sp³-hybridized carbons (Fsp3) is 0.929. The van der Waals surface area contributed by atoms with E-state index in [2.05, 4.69) is 5.32 Å². The molecule has 20 heavy (non-hydrogen) atoms. The fourth-order valence-electron chi connectivity index (χ4n) is 2.03. The molecular formula is C14H29NO5. The Bertz CT molecular complexity index is 272. The van der Waals surface area contributed by atoms with Gasteiger partial charge in [0.1, 0.15) is 5.54 Å². The Labute approximate surface area is 121 Å². The molecule has 0 aromatic carbocycles. The van der Waals surface area contributed by atoms with E-state index in [0.29, 0.717) is 32.8 Å². The van der Waals surface area contributed by atoms with Crippen molar-refractivity contribution in [2.75, 3.05) is 33.5 Å². The summed E-state index contributed by atoms with van der Waals surface area (Å²) in [6.07, 6.45) is 0.242. The largest absolute Gasteiger partial charge is 0.480 e. The van der Waals surface area contributed by atoms with Crippen molar-refractivity contribution >= 4 is 5.97 Å². The maximum absolute atomic E-state index is 11.4. The van der Waals surface area contributed by atoms with Crippen molar-refractivity contribution in [3.63, 3.8) is 0 Å². The highest BCUT2D eigenvalue weighted by Gasteiger charge is 2.35. The van der Waals surface area contributed by atoms with Crippen LogP contribution >= 0.6 is 0 Å². The molecule has 0 spiro atoms. The van der Waals surface area contributed by atoms with Crippen molar-refractivity contribution in [3.05, 3.63) is 0 Å². The Balaban J connectivity index is 4.02. The SMILES string of the molecule is COCCOCCOC(C)CC(C)(NC(C)C)C(=O)O. The molecule has 0 aliphatic heterocycles. The molecule has 2 unspecified atom stereocenters. The van der Waals surface area contributed by atoms with Gasteiger partial charge in [0.05, 0.1) is 32.5 Å². The second-order valence-corrected chi connectivity index (χ2v) is 5.43. The third-order valence-electron chi connectivity index (χ3n) is 2.84. The Hall–Kier alpha value is -0.690. The van der Waals surface area contributed by atoms with Gasteiger partial charge in [0, 0.05) is 19.6 Å². The van der Waals surface area contributed by atoms with Gasteiger partial charge in [0.15, 0.2) is 0 Å². The minimum absolute atomic E-state index is 0.0978. The molecule has 2 atom stereocenters. The highest BCUT2D eigenvalue weighted by molar-refractivity contribution is 5.78. The van der Waals surface area contributed by atoms with Crippen molar-refractivity contribution in [2.45, 2.75) is 51.8 Å². The Morgan fingerprint density at radius 2 is 1.80 bits per heavy atom. The quantitative estimate of drug-likeness (QED) is 0.528. The molecular weight excluding hydrogens is 262 g/mol. The highest BCUT2D eigenvalue weighted by atomic mass is 16.5. The van der Waals surface area contributed by atoms with E-state index in [0.717, 1.165) is 0 Å². The molecule has 6 heteroatoms. The first-order valence-electron chi connectivity index (χ1n) is 7.01. The lowest BCUT2D eigenvalue weighted by Gasteiger charge is -2.31. The van der Waals surface area contributed by atoms with Gasteiger partial charge < -0.3 is 19.3 Å². The summed E-state index contributed by atoms with van der Waals surface area (Å²) in [6.45, 7) is 9.44. The topological polar surface area (TPSA) is 77.0 Å². The van der Waals surface area contributed by atoms with Crippen LogP contribution in [-0.2, 0) is 19.0 Å². The zero-order valence-electron chi connectivity index (χ0n) is 13.3. The molecule has 0 saturated carbocycles. The van der Waals surface area contributed by atoms with E-state index in [-0.39, 0.29) is 12.1 Å². The first-order valence-corrected chi connectivity index (χ1v) is 7.01. The van der Waals surface area contributed by atoms with Gasteiger partial charge in [-0.2, -0.15) is 0 Å². The molecule has 0 aliphatic rings. The van der Waals surface area contributed by atoms with Gasteiger partial charge in [-0.1, -0.05) is 0 Å². The van der Waals surface area contributed by atoms with Gasteiger partial charge >= 0.3 is 5.97 Å². The predicted octanol–water partition coefficient (Wildman–Crippen LogP) is 1.29. The highest BCUT2D eigenvalue weighted by Crippen LogP contribution is 2.16. The normalized spacial score (nSPS) is 16.1. The Morgan fingerprint density at radius 1 is 1.20 bits per heavy atom. The number of hydrogen-bond acceptors (Lipinski definition) is 5. The minimum atomic E-state index is -0.982. The molecule has 0 rings (SSSR count). The van der Waals surface area contributed by atoms with E-state index in [1.54, 1.807) is 14.0 Å². The van der Waals surface area contributed by atoms with E-state index in [9.17, 15) is 9.90 Å². The van der Waals surface area contributed by atoms with Crippen LogP contribution in [0, 0.1) is 0 Å². The second kappa shape index (κ2) is 10.1. The number of ether oxygens (including phenoxy) is 3. The van der Waals surface area contributed by atoms with Crippen molar-refractivity contribution < 1.29 is 24.1 Å². The molecule has 0 amide bonds. The number of rotatable bonds is 12. The zero-order chi connectivity index (χ0) is 15.6. The molecule has 0 aromatic rings. The molecule has 120 valence electrons. The van der Waals surface area contributed by atoms with Gasteiger partial charge in [0.2, 0.25) is 0 Å². The predicted molar refractivity (Wildman–Crippen MR) is 77.0 cm³/mol. The first kappa shape index (κ1) is 19.3. The molecule has 0 aliphatic carbocycles. The van der Waals surface area contributed by atoms with Gasteiger partial charge in [-0.15, -0.1) is 0 Å². The maximum Gasteiger partial charge on any atom is 0.323 e. The molecule has 0 fully saturated rings. The average molecular weight is 291 g/mol. The van der Waals surface area contributed by atoms with E-state index < -0.39 is 11.5 Å². The summed E-state index contributed by atoms with van der Waals surface area (Å²) >= 11 is 0. The summed E-state index contributed by atoms with van der Waals surface area (Å²) in [6, 6.07) is 0.0978. The summed E-state index contributed by atoms with van der Waals surface area (Å²) in [5.41, 5.74) is -0.982. The van der Waals surface area contributed by atoms with E-state index >= 15 is 0 Å². The molecule has 6 nitrogen and oxygen atoms in total. The number of hydrogen-bond donors (Lipinski definition) is 2.